The molecule has 0 radical (unpaired) electrons. The first-order valence-electron chi connectivity index (χ1n) is 20.4. The highest BCUT2D eigenvalue weighted by Gasteiger charge is 2.31. The molecular weight excluding hydrogens is 762 g/mol. The number of carbonyl (C=O) groups excluding carboxylic acids is 2. The molecule has 4 saturated heterocycles. The van der Waals surface area contributed by atoms with Gasteiger partial charge in [-0.05, 0) is 112 Å². The Balaban J connectivity index is 0.000000259. The van der Waals surface area contributed by atoms with E-state index in [1.165, 1.54) is 6.42 Å². The zero-order valence-corrected chi connectivity index (χ0v) is 35.4. The van der Waals surface area contributed by atoms with Gasteiger partial charge in [0.2, 0.25) is 0 Å². The lowest BCUT2D eigenvalue weighted by atomic mass is 10.00. The van der Waals surface area contributed by atoms with Gasteiger partial charge in [-0.2, -0.15) is 15.5 Å². The van der Waals surface area contributed by atoms with Gasteiger partial charge in [0.15, 0.2) is 0 Å². The Hall–Kier alpha value is -3.15. The maximum atomic E-state index is 11.9. The molecule has 0 spiro atoms. The molecule has 6 rings (SSSR count). The van der Waals surface area contributed by atoms with Gasteiger partial charge in [-0.1, -0.05) is 35.1 Å². The van der Waals surface area contributed by atoms with Gasteiger partial charge in [0.1, 0.15) is 16.4 Å². The molecule has 2 aromatic heterocycles. The van der Waals surface area contributed by atoms with Crippen molar-refractivity contribution in [3.8, 4) is 6.07 Å². The SMILES string of the molecule is C.CC(C)(C)C.CCOC(=O)N1CCCC(N2CCC(n3nccc3Br)CC2)CC1.CCOC(=O)N1CCCC(N2CCC(n3nccc3C#N)CC2)CC1. The molecule has 2 atom stereocenters. The largest absolute Gasteiger partial charge is 0.450 e. The van der Waals surface area contributed by atoms with E-state index in [0.29, 0.717) is 48.5 Å². The molecule has 2 aromatic rings. The monoisotopic (exact) mass is 831 g/mol. The first-order chi connectivity index (χ1) is 25.9. The summed E-state index contributed by atoms with van der Waals surface area (Å²) in [6.45, 7) is 20.8. The van der Waals surface area contributed by atoms with Crippen LogP contribution in [0.1, 0.15) is 131 Å². The zero-order chi connectivity index (χ0) is 39.1. The number of hydrogen-bond acceptors (Lipinski definition) is 9. The van der Waals surface area contributed by atoms with Crippen molar-refractivity contribution in [2.24, 2.45) is 5.41 Å². The third kappa shape index (κ3) is 14.7. The Morgan fingerprint density at radius 1 is 0.691 bits per heavy atom. The number of nitrogens with zero attached hydrogens (tertiary/aromatic N) is 9. The van der Waals surface area contributed by atoms with E-state index in [9.17, 15) is 9.59 Å². The highest BCUT2D eigenvalue weighted by atomic mass is 79.9. The summed E-state index contributed by atoms with van der Waals surface area (Å²) in [6, 6.07) is 7.94. The minimum atomic E-state index is -0.176. The van der Waals surface area contributed by atoms with Gasteiger partial charge in [0, 0.05) is 64.4 Å². The Bertz CT molecular complexity index is 1450. The zero-order valence-electron chi connectivity index (χ0n) is 33.8. The fraction of sp³-hybridized carbons (Fsp3) is 0.780. The molecule has 310 valence electrons. The van der Waals surface area contributed by atoms with Crippen LogP contribution in [0.5, 0.6) is 0 Å². The molecule has 0 aliphatic carbocycles. The third-order valence-electron chi connectivity index (χ3n) is 10.6. The van der Waals surface area contributed by atoms with Crippen LogP contribution in [0.3, 0.4) is 0 Å². The predicted molar refractivity (Wildman–Crippen MR) is 221 cm³/mol. The normalized spacial score (nSPS) is 22.0. The first-order valence-corrected chi connectivity index (χ1v) is 21.1. The van der Waals surface area contributed by atoms with Crippen LogP contribution in [0.4, 0.5) is 9.59 Å². The molecule has 0 bridgehead atoms. The fourth-order valence-corrected chi connectivity index (χ4v) is 8.43. The number of carbonyl (C=O) groups is 2. The molecule has 55 heavy (non-hydrogen) atoms. The molecule has 4 fully saturated rings. The van der Waals surface area contributed by atoms with Crippen molar-refractivity contribution in [2.45, 2.75) is 137 Å². The van der Waals surface area contributed by atoms with Crippen LogP contribution in [-0.2, 0) is 9.47 Å². The number of aromatic nitrogens is 4. The smallest absolute Gasteiger partial charge is 0.409 e. The highest BCUT2D eigenvalue weighted by Crippen LogP contribution is 2.30. The molecule has 4 aliphatic rings. The number of halogens is 1. The highest BCUT2D eigenvalue weighted by molar-refractivity contribution is 9.10. The van der Waals surface area contributed by atoms with Crippen LogP contribution in [0.25, 0.3) is 0 Å². The van der Waals surface area contributed by atoms with E-state index < -0.39 is 0 Å². The van der Waals surface area contributed by atoms with Crippen molar-refractivity contribution < 1.29 is 19.1 Å². The predicted octanol–water partition coefficient (Wildman–Crippen LogP) is 8.38. The van der Waals surface area contributed by atoms with Crippen LogP contribution < -0.4 is 0 Å². The molecule has 0 N–H and O–H groups in total. The van der Waals surface area contributed by atoms with Gasteiger partial charge in [-0.3, -0.25) is 9.36 Å². The lowest BCUT2D eigenvalue weighted by molar-refractivity contribution is 0.102. The number of hydrogen-bond donors (Lipinski definition) is 0. The number of likely N-dealkylation sites (tertiary alicyclic amines) is 4. The molecule has 0 aromatic carbocycles. The summed E-state index contributed by atoms with van der Waals surface area (Å²) >= 11 is 3.57. The second kappa shape index (κ2) is 23.2. The maximum absolute atomic E-state index is 11.9. The summed E-state index contributed by atoms with van der Waals surface area (Å²) in [6.07, 6.45) is 14.0. The molecular formula is C41H70BrN9O4. The molecule has 14 heteroatoms. The topological polar surface area (TPSA) is 125 Å². The van der Waals surface area contributed by atoms with E-state index in [1.807, 2.05) is 40.6 Å². The van der Waals surface area contributed by atoms with Gasteiger partial charge >= 0.3 is 12.2 Å². The Labute approximate surface area is 339 Å². The quantitative estimate of drug-likeness (QED) is 0.282. The minimum absolute atomic E-state index is 0. The summed E-state index contributed by atoms with van der Waals surface area (Å²) < 4.78 is 15.3. The number of piperidine rings is 2. The second-order valence-corrected chi connectivity index (χ2v) is 17.3. The summed E-state index contributed by atoms with van der Waals surface area (Å²) in [5, 5.41) is 17.9. The lowest BCUT2D eigenvalue weighted by Crippen LogP contribution is -2.42. The van der Waals surface area contributed by atoms with Gasteiger partial charge in [0.05, 0.1) is 37.7 Å². The van der Waals surface area contributed by atoms with Gasteiger partial charge < -0.3 is 29.1 Å². The van der Waals surface area contributed by atoms with Crippen LogP contribution in [0.2, 0.25) is 0 Å². The molecule has 6 heterocycles. The van der Waals surface area contributed by atoms with E-state index in [2.05, 4.69) is 74.4 Å². The molecule has 13 nitrogen and oxygen atoms in total. The average Bonchev–Trinajstić information content (AvgIpc) is 3.63. The molecule has 2 unspecified atom stereocenters. The van der Waals surface area contributed by atoms with Crippen molar-refractivity contribution in [3.05, 3.63) is 34.8 Å². The fourth-order valence-electron chi connectivity index (χ4n) is 7.93. The summed E-state index contributed by atoms with van der Waals surface area (Å²) in [5.41, 5.74) is 1.15. The van der Waals surface area contributed by atoms with Crippen molar-refractivity contribution in [3.63, 3.8) is 0 Å². The Morgan fingerprint density at radius 2 is 1.09 bits per heavy atom. The van der Waals surface area contributed by atoms with E-state index >= 15 is 0 Å². The first kappa shape index (κ1) is 46.2. The summed E-state index contributed by atoms with van der Waals surface area (Å²) in [7, 11) is 0. The number of nitriles is 1. The van der Waals surface area contributed by atoms with Crippen molar-refractivity contribution in [1.29, 1.82) is 5.26 Å². The third-order valence-corrected chi connectivity index (χ3v) is 11.2. The van der Waals surface area contributed by atoms with E-state index in [1.54, 1.807) is 12.3 Å². The van der Waals surface area contributed by atoms with Gasteiger partial charge in [-0.25, -0.2) is 9.59 Å². The minimum Gasteiger partial charge on any atom is -0.450 e. The molecule has 0 saturated carbocycles. The Morgan fingerprint density at radius 3 is 1.49 bits per heavy atom. The van der Waals surface area contributed by atoms with Gasteiger partial charge in [0.25, 0.3) is 0 Å². The van der Waals surface area contributed by atoms with E-state index in [-0.39, 0.29) is 19.6 Å². The number of amides is 2. The van der Waals surface area contributed by atoms with E-state index in [0.717, 1.165) is 115 Å². The number of rotatable bonds is 6. The maximum Gasteiger partial charge on any atom is 0.409 e. The van der Waals surface area contributed by atoms with Crippen LogP contribution >= 0.6 is 15.9 Å². The average molecular weight is 833 g/mol. The summed E-state index contributed by atoms with van der Waals surface area (Å²) in [4.78, 5) is 32.7. The second-order valence-electron chi connectivity index (χ2n) is 16.4. The van der Waals surface area contributed by atoms with Crippen LogP contribution in [0, 0.1) is 16.7 Å². The molecule has 2 amide bonds. The number of ether oxygens (including phenoxy) is 2. The van der Waals surface area contributed by atoms with Crippen LogP contribution in [0.15, 0.2) is 29.1 Å². The van der Waals surface area contributed by atoms with Crippen molar-refractivity contribution >= 4 is 28.1 Å². The molecule has 4 aliphatic heterocycles. The van der Waals surface area contributed by atoms with Gasteiger partial charge in [-0.15, -0.1) is 0 Å². The lowest BCUT2D eigenvalue weighted by Gasteiger charge is -2.37. The van der Waals surface area contributed by atoms with Crippen molar-refractivity contribution in [1.82, 2.24) is 39.2 Å². The van der Waals surface area contributed by atoms with E-state index in [4.69, 9.17) is 14.7 Å². The van der Waals surface area contributed by atoms with Crippen LogP contribution in [-0.4, -0.2) is 129 Å². The van der Waals surface area contributed by atoms with Crippen molar-refractivity contribution in [2.75, 3.05) is 65.6 Å². The summed E-state index contributed by atoms with van der Waals surface area (Å²) in [5.74, 6) is 0. The Kier molecular flexibility index (Phi) is 19.5. The standard InChI is InChI=1S/C18H27N5O2.C17H27BrN4O2.C5H12.CH4/c1-2-25-18(24)22-10-3-4-15(6-13-22)21-11-7-16(8-12-21)23-17(14-19)5-9-20-23;1-2-24-17(23)21-10-3-4-14(6-13-21)20-11-7-15(8-12-20)22-16(18)5-9-19-22;1-5(2,3)4;/h5,9,15-16H,2-4,6-8,10-13H2,1H3;5,9,14-15H,2-4,6-8,10-13H2,1H3;1-4H3;1H4.